The molecule has 2 aromatic rings. The third kappa shape index (κ3) is 7.29. The summed E-state index contributed by atoms with van der Waals surface area (Å²) in [6.45, 7) is 6.18. The van der Waals surface area contributed by atoms with Crippen molar-refractivity contribution in [1.29, 1.82) is 0 Å². The van der Waals surface area contributed by atoms with Crippen LogP contribution in [0, 0.1) is 0 Å². The summed E-state index contributed by atoms with van der Waals surface area (Å²) in [4.78, 5) is 14.3. The van der Waals surface area contributed by atoms with Crippen LogP contribution >= 0.6 is 11.6 Å². The first-order valence-corrected chi connectivity index (χ1v) is 9.66. The number of halogens is 1. The van der Waals surface area contributed by atoms with Gasteiger partial charge in [0.05, 0.1) is 25.4 Å². The predicted octanol–water partition coefficient (Wildman–Crippen LogP) is 4.09. The number of anilines is 1. The molecule has 1 amide bonds. The molecule has 0 aliphatic heterocycles. The van der Waals surface area contributed by atoms with Crippen molar-refractivity contribution in [3.05, 3.63) is 47.5 Å². The molecule has 0 aliphatic carbocycles. The highest BCUT2D eigenvalue weighted by Gasteiger charge is 2.12. The minimum absolute atomic E-state index is 0.136. The Morgan fingerprint density at radius 3 is 2.36 bits per heavy atom. The molecule has 28 heavy (non-hydrogen) atoms. The average Bonchev–Trinajstić information content (AvgIpc) is 2.66. The highest BCUT2D eigenvalue weighted by molar-refractivity contribution is 6.30. The lowest BCUT2D eigenvalue weighted by Gasteiger charge is -2.18. The molecule has 7 heteroatoms. The van der Waals surface area contributed by atoms with Crippen LogP contribution < -0.4 is 19.5 Å². The van der Waals surface area contributed by atoms with Gasteiger partial charge in [-0.1, -0.05) is 11.6 Å². The normalized spacial score (nSPS) is 10.6. The Hall–Kier alpha value is -2.44. The lowest BCUT2D eigenvalue weighted by Crippen LogP contribution is -2.33. The van der Waals surface area contributed by atoms with Crippen LogP contribution in [-0.2, 0) is 4.79 Å². The lowest BCUT2D eigenvalue weighted by molar-refractivity contribution is -0.117. The molecule has 1 N–H and O–H groups in total. The maximum atomic E-state index is 12.4. The van der Waals surface area contributed by atoms with E-state index in [4.69, 9.17) is 25.8 Å². The zero-order valence-electron chi connectivity index (χ0n) is 16.5. The van der Waals surface area contributed by atoms with Crippen LogP contribution in [0.4, 0.5) is 5.69 Å². The summed E-state index contributed by atoms with van der Waals surface area (Å²) < 4.78 is 16.7. The van der Waals surface area contributed by atoms with Gasteiger partial charge in [0.25, 0.3) is 0 Å². The van der Waals surface area contributed by atoms with Gasteiger partial charge < -0.3 is 19.5 Å². The van der Waals surface area contributed by atoms with E-state index in [0.29, 0.717) is 48.6 Å². The molecule has 0 bridgehead atoms. The van der Waals surface area contributed by atoms with Crippen molar-refractivity contribution < 1.29 is 19.0 Å². The first kappa shape index (κ1) is 21.9. The Kier molecular flexibility index (Phi) is 8.91. The molecule has 0 fully saturated rings. The van der Waals surface area contributed by atoms with Crippen molar-refractivity contribution in [1.82, 2.24) is 4.90 Å². The largest absolute Gasteiger partial charge is 0.494 e. The second-order valence-electron chi connectivity index (χ2n) is 6.11. The van der Waals surface area contributed by atoms with Crippen LogP contribution in [-0.4, -0.2) is 50.8 Å². The fraction of sp³-hybridized carbons (Fsp3) is 0.381. The summed E-state index contributed by atoms with van der Waals surface area (Å²) in [6.07, 6.45) is 0. The van der Waals surface area contributed by atoms with Crippen molar-refractivity contribution in [2.24, 2.45) is 0 Å². The molecular weight excluding hydrogens is 380 g/mol. The van der Waals surface area contributed by atoms with Gasteiger partial charge in [-0.05, 0) is 57.3 Å². The van der Waals surface area contributed by atoms with Gasteiger partial charge in [-0.3, -0.25) is 9.69 Å². The van der Waals surface area contributed by atoms with Gasteiger partial charge >= 0.3 is 0 Å². The highest BCUT2D eigenvalue weighted by Crippen LogP contribution is 2.29. The third-order valence-electron chi connectivity index (χ3n) is 3.80. The smallest absolute Gasteiger partial charge is 0.238 e. The Bertz CT molecular complexity index is 753. The number of nitrogens with one attached hydrogen (secondary N) is 1. The molecule has 0 atom stereocenters. The fourth-order valence-electron chi connectivity index (χ4n) is 2.51. The van der Waals surface area contributed by atoms with Crippen molar-refractivity contribution in [3.63, 3.8) is 0 Å². The number of carbonyl (C=O) groups excluding carboxylic acids is 1. The Morgan fingerprint density at radius 2 is 1.68 bits per heavy atom. The van der Waals surface area contributed by atoms with E-state index in [1.807, 2.05) is 44.0 Å². The standard InChI is InChI=1S/C21H27ClN2O4/c1-4-26-18-10-11-20(27-5-2)19(14-18)23-21(25)15-24(3)12-13-28-17-8-6-16(22)7-9-17/h6-11,14H,4-5,12-13,15H2,1-3H3,(H,23,25). The van der Waals surface area contributed by atoms with Gasteiger partial charge in [0.1, 0.15) is 23.9 Å². The maximum Gasteiger partial charge on any atom is 0.238 e. The Balaban J connectivity index is 1.84. The van der Waals surface area contributed by atoms with Crippen molar-refractivity contribution in [2.45, 2.75) is 13.8 Å². The maximum absolute atomic E-state index is 12.4. The van der Waals surface area contributed by atoms with Gasteiger partial charge in [-0.25, -0.2) is 0 Å². The summed E-state index contributed by atoms with van der Waals surface area (Å²) in [5.41, 5.74) is 0.601. The van der Waals surface area contributed by atoms with Crippen LogP contribution in [0.25, 0.3) is 0 Å². The first-order chi connectivity index (χ1) is 13.5. The SMILES string of the molecule is CCOc1ccc(OCC)c(NC(=O)CN(C)CCOc2ccc(Cl)cc2)c1. The molecule has 152 valence electrons. The van der Waals surface area contributed by atoms with E-state index >= 15 is 0 Å². The number of amides is 1. The van der Waals surface area contributed by atoms with Crippen LogP contribution in [0.5, 0.6) is 17.2 Å². The second-order valence-corrected chi connectivity index (χ2v) is 6.55. The number of benzene rings is 2. The molecule has 0 aliphatic rings. The van der Waals surface area contributed by atoms with Crippen LogP contribution in [0.3, 0.4) is 0 Å². The van der Waals surface area contributed by atoms with Gasteiger partial charge in [-0.2, -0.15) is 0 Å². The molecule has 6 nitrogen and oxygen atoms in total. The molecule has 0 saturated heterocycles. The number of rotatable bonds is 11. The monoisotopic (exact) mass is 406 g/mol. The lowest BCUT2D eigenvalue weighted by atomic mass is 10.2. The zero-order valence-corrected chi connectivity index (χ0v) is 17.3. The molecule has 2 rings (SSSR count). The number of carbonyl (C=O) groups is 1. The minimum atomic E-state index is -0.136. The first-order valence-electron chi connectivity index (χ1n) is 9.28. The van der Waals surface area contributed by atoms with E-state index < -0.39 is 0 Å². The summed E-state index contributed by atoms with van der Waals surface area (Å²) in [6, 6.07) is 12.6. The van der Waals surface area contributed by atoms with Crippen molar-refractivity contribution >= 4 is 23.2 Å². The van der Waals surface area contributed by atoms with Gasteiger partial charge in [0.2, 0.25) is 5.91 Å². The quantitative estimate of drug-likeness (QED) is 0.609. The number of hydrogen-bond donors (Lipinski definition) is 1. The summed E-state index contributed by atoms with van der Waals surface area (Å²) in [5.74, 6) is 1.92. The zero-order chi connectivity index (χ0) is 20.4. The van der Waals surface area contributed by atoms with E-state index in [1.165, 1.54) is 0 Å². The van der Waals surface area contributed by atoms with Crippen molar-refractivity contribution in [2.75, 3.05) is 45.3 Å². The summed E-state index contributed by atoms with van der Waals surface area (Å²) in [7, 11) is 1.87. The summed E-state index contributed by atoms with van der Waals surface area (Å²) in [5, 5.41) is 3.57. The van der Waals surface area contributed by atoms with Gasteiger partial charge in [-0.15, -0.1) is 0 Å². The van der Waals surface area contributed by atoms with E-state index in [1.54, 1.807) is 24.3 Å². The van der Waals surface area contributed by atoms with E-state index in [2.05, 4.69) is 5.32 Å². The fourth-order valence-corrected chi connectivity index (χ4v) is 2.63. The topological polar surface area (TPSA) is 60.0 Å². The Labute approximate surface area is 171 Å². The number of likely N-dealkylation sites (N-methyl/N-ethyl adjacent to an activating group) is 1. The van der Waals surface area contributed by atoms with E-state index in [9.17, 15) is 4.79 Å². The third-order valence-corrected chi connectivity index (χ3v) is 4.06. The van der Waals surface area contributed by atoms with E-state index in [-0.39, 0.29) is 12.5 Å². The van der Waals surface area contributed by atoms with Crippen LogP contribution in [0.1, 0.15) is 13.8 Å². The molecular formula is C21H27ClN2O4. The van der Waals surface area contributed by atoms with Crippen LogP contribution in [0.15, 0.2) is 42.5 Å². The predicted molar refractivity (Wildman–Crippen MR) is 112 cm³/mol. The van der Waals surface area contributed by atoms with Crippen molar-refractivity contribution in [3.8, 4) is 17.2 Å². The molecule has 2 aromatic carbocycles. The molecule has 0 heterocycles. The molecule has 0 saturated carbocycles. The number of hydrogen-bond acceptors (Lipinski definition) is 5. The Morgan fingerprint density at radius 1 is 1.00 bits per heavy atom. The number of nitrogens with zero attached hydrogens (tertiary/aromatic N) is 1. The molecule has 0 spiro atoms. The van der Waals surface area contributed by atoms with E-state index in [0.717, 1.165) is 5.75 Å². The minimum Gasteiger partial charge on any atom is -0.494 e. The summed E-state index contributed by atoms with van der Waals surface area (Å²) >= 11 is 5.85. The molecule has 0 aromatic heterocycles. The molecule has 0 radical (unpaired) electrons. The second kappa shape index (κ2) is 11.4. The van der Waals surface area contributed by atoms with Gasteiger partial charge in [0, 0.05) is 17.6 Å². The molecule has 0 unspecified atom stereocenters. The average molecular weight is 407 g/mol. The highest BCUT2D eigenvalue weighted by atomic mass is 35.5. The number of ether oxygens (including phenoxy) is 3. The van der Waals surface area contributed by atoms with Crippen LogP contribution in [0.2, 0.25) is 5.02 Å². The van der Waals surface area contributed by atoms with Gasteiger partial charge in [0.15, 0.2) is 0 Å².